The van der Waals surface area contributed by atoms with Gasteiger partial charge in [0, 0.05) is 17.3 Å². The number of nitrogens with zero attached hydrogens (tertiary/aromatic N) is 2. The molecule has 3 aromatic rings. The Morgan fingerprint density at radius 3 is 2.74 bits per heavy atom. The number of aromatic nitrogens is 2. The Hall–Kier alpha value is -2.68. The van der Waals surface area contributed by atoms with Crippen LogP contribution in [0.2, 0.25) is 0 Å². The lowest BCUT2D eigenvalue weighted by Crippen LogP contribution is -2.51. The Morgan fingerprint density at radius 2 is 2.03 bits per heavy atom. The monoisotopic (exact) mass is 490 g/mol. The molecule has 164 valence electrons. The summed E-state index contributed by atoms with van der Waals surface area (Å²) in [6.45, 7) is 4.34. The predicted molar refractivity (Wildman–Crippen MR) is 119 cm³/mol. The second-order valence-electron chi connectivity index (χ2n) is 8.09. The standard InChI is InChI=1S/C22H24BrFN4O3/c1-11(2)18(27-22(30)31-3)21(29)28-10-4-5-16(28)20-25-15-9-7-12-13(19(15)26-20)6-8-14(23)17(12)24/h6-9,11,16,18H,4-5,10H2,1-3H3,(H,25,26)(H,27,30)/t16-,18-/m0/s1. The topological polar surface area (TPSA) is 87.3 Å². The summed E-state index contributed by atoms with van der Waals surface area (Å²) in [4.78, 5) is 34.9. The molecular formula is C22H24BrFN4O3. The maximum atomic E-state index is 14.5. The molecule has 4 rings (SSSR count). The summed E-state index contributed by atoms with van der Waals surface area (Å²) in [5.41, 5.74) is 1.46. The number of aromatic amines is 1. The second-order valence-corrected chi connectivity index (χ2v) is 8.94. The molecule has 2 amide bonds. The van der Waals surface area contributed by atoms with Crippen LogP contribution in [-0.4, -0.2) is 46.6 Å². The molecule has 1 aromatic heterocycles. The van der Waals surface area contributed by atoms with Crippen LogP contribution < -0.4 is 5.32 Å². The number of amides is 2. The molecule has 2 aromatic carbocycles. The average molecular weight is 491 g/mol. The van der Waals surface area contributed by atoms with E-state index >= 15 is 0 Å². The van der Waals surface area contributed by atoms with Crippen molar-refractivity contribution >= 4 is 49.7 Å². The smallest absolute Gasteiger partial charge is 0.407 e. The van der Waals surface area contributed by atoms with E-state index in [4.69, 9.17) is 4.98 Å². The summed E-state index contributed by atoms with van der Waals surface area (Å²) < 4.78 is 19.6. The molecule has 0 radical (unpaired) electrons. The maximum Gasteiger partial charge on any atom is 0.407 e. The van der Waals surface area contributed by atoms with Crippen molar-refractivity contribution < 1.29 is 18.7 Å². The lowest BCUT2D eigenvalue weighted by molar-refractivity contribution is -0.135. The van der Waals surface area contributed by atoms with Gasteiger partial charge in [-0.1, -0.05) is 19.9 Å². The third kappa shape index (κ3) is 3.86. The van der Waals surface area contributed by atoms with Gasteiger partial charge in [0.15, 0.2) is 0 Å². The highest BCUT2D eigenvalue weighted by Gasteiger charge is 2.37. The second kappa shape index (κ2) is 8.45. The highest BCUT2D eigenvalue weighted by molar-refractivity contribution is 9.10. The molecule has 1 aliphatic heterocycles. The van der Waals surface area contributed by atoms with Gasteiger partial charge in [0.25, 0.3) is 0 Å². The first kappa shape index (κ1) is 21.5. The van der Waals surface area contributed by atoms with Crippen molar-refractivity contribution in [3.8, 4) is 0 Å². The number of hydrogen-bond donors (Lipinski definition) is 2. The Balaban J connectivity index is 1.69. The third-order valence-corrected chi connectivity index (χ3v) is 6.41. The van der Waals surface area contributed by atoms with Crippen molar-refractivity contribution in [3.05, 3.63) is 40.4 Å². The number of nitrogens with one attached hydrogen (secondary N) is 2. The molecule has 2 heterocycles. The van der Waals surface area contributed by atoms with E-state index in [-0.39, 0.29) is 23.7 Å². The van der Waals surface area contributed by atoms with Crippen LogP contribution in [0, 0.1) is 11.7 Å². The fourth-order valence-electron chi connectivity index (χ4n) is 4.18. The van der Waals surface area contributed by atoms with Crippen molar-refractivity contribution in [2.45, 2.75) is 38.8 Å². The molecule has 1 aliphatic rings. The van der Waals surface area contributed by atoms with E-state index in [0.29, 0.717) is 33.1 Å². The number of benzene rings is 2. The number of likely N-dealkylation sites (tertiary alicyclic amines) is 1. The summed E-state index contributed by atoms with van der Waals surface area (Å²) in [5, 5.41) is 3.85. The van der Waals surface area contributed by atoms with Gasteiger partial charge in [0.1, 0.15) is 17.7 Å². The van der Waals surface area contributed by atoms with E-state index in [1.807, 2.05) is 19.9 Å². The average Bonchev–Trinajstić information content (AvgIpc) is 3.40. The van der Waals surface area contributed by atoms with Gasteiger partial charge in [0.05, 0.1) is 28.7 Å². The summed E-state index contributed by atoms with van der Waals surface area (Å²) in [6, 6.07) is 6.11. The minimum atomic E-state index is -0.690. The summed E-state index contributed by atoms with van der Waals surface area (Å²) in [7, 11) is 1.27. The summed E-state index contributed by atoms with van der Waals surface area (Å²) >= 11 is 3.22. The Bertz CT molecular complexity index is 1160. The first-order valence-corrected chi connectivity index (χ1v) is 11.0. The zero-order chi connectivity index (χ0) is 22.3. The van der Waals surface area contributed by atoms with Gasteiger partial charge in [-0.2, -0.15) is 0 Å². The van der Waals surface area contributed by atoms with E-state index in [1.54, 1.807) is 23.1 Å². The molecule has 0 unspecified atom stereocenters. The fourth-order valence-corrected chi connectivity index (χ4v) is 4.53. The highest BCUT2D eigenvalue weighted by atomic mass is 79.9. The van der Waals surface area contributed by atoms with Gasteiger partial charge in [-0.15, -0.1) is 0 Å². The van der Waals surface area contributed by atoms with E-state index in [2.05, 4.69) is 31.0 Å². The van der Waals surface area contributed by atoms with Gasteiger partial charge in [-0.25, -0.2) is 14.2 Å². The van der Waals surface area contributed by atoms with Gasteiger partial charge in [-0.05, 0) is 52.9 Å². The van der Waals surface area contributed by atoms with Crippen molar-refractivity contribution in [3.63, 3.8) is 0 Å². The molecule has 0 spiro atoms. The zero-order valence-electron chi connectivity index (χ0n) is 17.5. The summed E-state index contributed by atoms with van der Waals surface area (Å²) in [5.74, 6) is 0.0737. The molecule has 0 bridgehead atoms. The quantitative estimate of drug-likeness (QED) is 0.556. The number of alkyl carbamates (subject to hydrolysis) is 1. The predicted octanol–water partition coefficient (Wildman–Crippen LogP) is 4.66. The van der Waals surface area contributed by atoms with Crippen LogP contribution in [0.4, 0.5) is 9.18 Å². The lowest BCUT2D eigenvalue weighted by atomic mass is 10.0. The number of halogens is 2. The molecule has 1 saturated heterocycles. The normalized spacial score (nSPS) is 17.5. The number of rotatable bonds is 4. The number of fused-ring (bicyclic) bond motifs is 3. The highest BCUT2D eigenvalue weighted by Crippen LogP contribution is 2.35. The molecule has 1 fully saturated rings. The molecule has 2 N–H and O–H groups in total. The number of hydrogen-bond acceptors (Lipinski definition) is 4. The van der Waals surface area contributed by atoms with Gasteiger partial charge in [0.2, 0.25) is 5.91 Å². The van der Waals surface area contributed by atoms with E-state index < -0.39 is 12.1 Å². The first-order valence-electron chi connectivity index (χ1n) is 10.2. The van der Waals surface area contributed by atoms with Crippen LogP contribution in [0.25, 0.3) is 21.8 Å². The van der Waals surface area contributed by atoms with Crippen molar-refractivity contribution in [1.82, 2.24) is 20.2 Å². The number of carbonyl (C=O) groups is 2. The molecule has 0 saturated carbocycles. The Morgan fingerprint density at radius 1 is 1.29 bits per heavy atom. The molecular weight excluding hydrogens is 467 g/mol. The fraction of sp³-hybridized carbons (Fsp3) is 0.409. The number of ether oxygens (including phenoxy) is 1. The van der Waals surface area contributed by atoms with Crippen LogP contribution >= 0.6 is 15.9 Å². The van der Waals surface area contributed by atoms with Gasteiger partial charge in [-0.3, -0.25) is 4.79 Å². The molecule has 0 aliphatic carbocycles. The number of methoxy groups -OCH3 is 1. The van der Waals surface area contributed by atoms with Crippen LogP contribution in [0.5, 0.6) is 0 Å². The van der Waals surface area contributed by atoms with Crippen LogP contribution in [-0.2, 0) is 9.53 Å². The maximum absolute atomic E-state index is 14.5. The van der Waals surface area contributed by atoms with Crippen LogP contribution in [0.1, 0.15) is 38.6 Å². The summed E-state index contributed by atoms with van der Waals surface area (Å²) in [6.07, 6.45) is 0.955. The largest absolute Gasteiger partial charge is 0.453 e. The third-order valence-electron chi connectivity index (χ3n) is 5.80. The molecule has 9 heteroatoms. The number of carbonyl (C=O) groups excluding carboxylic acids is 2. The van der Waals surface area contributed by atoms with Crippen LogP contribution in [0.15, 0.2) is 28.7 Å². The van der Waals surface area contributed by atoms with Gasteiger partial charge >= 0.3 is 6.09 Å². The van der Waals surface area contributed by atoms with Crippen LogP contribution in [0.3, 0.4) is 0 Å². The van der Waals surface area contributed by atoms with Crippen molar-refractivity contribution in [2.24, 2.45) is 5.92 Å². The lowest BCUT2D eigenvalue weighted by Gasteiger charge is -2.29. The van der Waals surface area contributed by atoms with E-state index in [9.17, 15) is 14.0 Å². The van der Waals surface area contributed by atoms with Crippen molar-refractivity contribution in [2.75, 3.05) is 13.7 Å². The van der Waals surface area contributed by atoms with E-state index in [0.717, 1.165) is 18.4 Å². The molecule has 7 nitrogen and oxygen atoms in total. The van der Waals surface area contributed by atoms with Crippen molar-refractivity contribution in [1.29, 1.82) is 0 Å². The minimum absolute atomic E-state index is 0.103. The SMILES string of the molecule is COC(=O)N[C@H](C(=O)N1CCC[C@H]1c1nc2c(ccc3c(F)c(Br)ccc32)[nH]1)C(C)C. The number of H-pyrrole nitrogens is 1. The first-order chi connectivity index (χ1) is 14.8. The Labute approximate surface area is 187 Å². The van der Waals surface area contributed by atoms with Gasteiger partial charge < -0.3 is 19.9 Å². The number of imidazole rings is 1. The minimum Gasteiger partial charge on any atom is -0.453 e. The molecule has 31 heavy (non-hydrogen) atoms. The molecule has 2 atom stereocenters. The Kier molecular flexibility index (Phi) is 5.88. The van der Waals surface area contributed by atoms with E-state index in [1.165, 1.54) is 7.11 Å². The zero-order valence-corrected chi connectivity index (χ0v) is 19.1.